The van der Waals surface area contributed by atoms with Gasteiger partial charge in [-0.05, 0) is 42.9 Å². The van der Waals surface area contributed by atoms with Crippen LogP contribution in [0.3, 0.4) is 0 Å². The van der Waals surface area contributed by atoms with E-state index in [1.54, 1.807) is 12.1 Å². The molecule has 1 amide bonds. The average Bonchev–Trinajstić information content (AvgIpc) is 2.34. The van der Waals surface area contributed by atoms with Crippen LogP contribution < -0.4 is 5.32 Å². The standard InChI is InChI=1S/C15H22ClNO2/c1-11-5-6-12(13(18)9-11)14(19)17-10-15(2,3)7-4-8-16/h5-6,9,18H,4,7-8,10H2,1-3H3,(H,17,19). The molecule has 1 aromatic carbocycles. The van der Waals surface area contributed by atoms with E-state index in [0.717, 1.165) is 18.4 Å². The second kappa shape index (κ2) is 6.80. The number of amides is 1. The smallest absolute Gasteiger partial charge is 0.255 e. The first-order valence-electron chi connectivity index (χ1n) is 6.49. The van der Waals surface area contributed by atoms with E-state index >= 15 is 0 Å². The van der Waals surface area contributed by atoms with Crippen molar-refractivity contribution in [1.29, 1.82) is 0 Å². The largest absolute Gasteiger partial charge is 0.507 e. The Morgan fingerprint density at radius 3 is 2.68 bits per heavy atom. The van der Waals surface area contributed by atoms with Crippen LogP contribution in [0.25, 0.3) is 0 Å². The van der Waals surface area contributed by atoms with Gasteiger partial charge in [0.05, 0.1) is 5.56 Å². The number of phenols is 1. The summed E-state index contributed by atoms with van der Waals surface area (Å²) in [5, 5.41) is 12.6. The molecular formula is C15H22ClNO2. The monoisotopic (exact) mass is 283 g/mol. The highest BCUT2D eigenvalue weighted by Gasteiger charge is 2.19. The van der Waals surface area contributed by atoms with Crippen LogP contribution in [-0.2, 0) is 0 Å². The normalized spacial score (nSPS) is 11.4. The van der Waals surface area contributed by atoms with E-state index in [9.17, 15) is 9.90 Å². The Balaban J connectivity index is 2.60. The van der Waals surface area contributed by atoms with Crippen molar-refractivity contribution in [2.75, 3.05) is 12.4 Å². The molecule has 0 saturated carbocycles. The second-order valence-corrected chi connectivity index (χ2v) is 6.04. The lowest BCUT2D eigenvalue weighted by atomic mass is 9.88. The van der Waals surface area contributed by atoms with Crippen LogP contribution in [-0.4, -0.2) is 23.4 Å². The van der Waals surface area contributed by atoms with Gasteiger partial charge >= 0.3 is 0 Å². The molecule has 0 aliphatic rings. The second-order valence-electron chi connectivity index (χ2n) is 5.66. The van der Waals surface area contributed by atoms with Crippen molar-refractivity contribution in [3.63, 3.8) is 0 Å². The first-order valence-corrected chi connectivity index (χ1v) is 7.03. The van der Waals surface area contributed by atoms with Crippen molar-refractivity contribution in [3.05, 3.63) is 29.3 Å². The molecule has 0 aliphatic carbocycles. The van der Waals surface area contributed by atoms with Crippen molar-refractivity contribution in [2.24, 2.45) is 5.41 Å². The maximum atomic E-state index is 12.0. The Morgan fingerprint density at radius 2 is 2.11 bits per heavy atom. The van der Waals surface area contributed by atoms with E-state index in [1.807, 2.05) is 13.0 Å². The number of hydrogen-bond donors (Lipinski definition) is 2. The van der Waals surface area contributed by atoms with E-state index < -0.39 is 0 Å². The van der Waals surface area contributed by atoms with Crippen molar-refractivity contribution in [3.8, 4) is 5.75 Å². The fourth-order valence-electron chi connectivity index (χ4n) is 1.88. The summed E-state index contributed by atoms with van der Waals surface area (Å²) in [7, 11) is 0. The van der Waals surface area contributed by atoms with Crippen molar-refractivity contribution < 1.29 is 9.90 Å². The van der Waals surface area contributed by atoms with Gasteiger partial charge in [0.1, 0.15) is 5.75 Å². The maximum Gasteiger partial charge on any atom is 0.255 e. The lowest BCUT2D eigenvalue weighted by Gasteiger charge is -2.24. The third kappa shape index (κ3) is 5.11. The summed E-state index contributed by atoms with van der Waals surface area (Å²) < 4.78 is 0. The molecule has 0 aromatic heterocycles. The minimum absolute atomic E-state index is 0.00483. The molecule has 0 fully saturated rings. The first-order chi connectivity index (χ1) is 8.85. The summed E-state index contributed by atoms with van der Waals surface area (Å²) in [6, 6.07) is 5.05. The van der Waals surface area contributed by atoms with E-state index in [2.05, 4.69) is 19.2 Å². The van der Waals surface area contributed by atoms with Gasteiger partial charge in [-0.3, -0.25) is 4.79 Å². The number of benzene rings is 1. The van der Waals surface area contributed by atoms with Crippen LogP contribution in [0.2, 0.25) is 0 Å². The Kier molecular flexibility index (Phi) is 5.67. The highest BCUT2D eigenvalue weighted by molar-refractivity contribution is 6.17. The van der Waals surface area contributed by atoms with Crippen LogP contribution in [0.5, 0.6) is 5.75 Å². The zero-order valence-corrected chi connectivity index (χ0v) is 12.5. The topological polar surface area (TPSA) is 49.3 Å². The molecule has 1 rings (SSSR count). The molecule has 0 radical (unpaired) electrons. The molecular weight excluding hydrogens is 262 g/mol. The number of aromatic hydroxyl groups is 1. The SMILES string of the molecule is Cc1ccc(C(=O)NCC(C)(C)CCCCl)c(O)c1. The molecule has 0 saturated heterocycles. The van der Waals surface area contributed by atoms with E-state index in [4.69, 9.17) is 11.6 Å². The molecule has 3 nitrogen and oxygen atoms in total. The van der Waals surface area contributed by atoms with Crippen molar-refractivity contribution in [2.45, 2.75) is 33.6 Å². The predicted molar refractivity (Wildman–Crippen MR) is 78.9 cm³/mol. The van der Waals surface area contributed by atoms with Gasteiger partial charge in [0, 0.05) is 12.4 Å². The van der Waals surface area contributed by atoms with Crippen LogP contribution in [0.4, 0.5) is 0 Å². The summed E-state index contributed by atoms with van der Waals surface area (Å²) in [6.07, 6.45) is 1.89. The number of halogens is 1. The van der Waals surface area contributed by atoms with Gasteiger partial charge < -0.3 is 10.4 Å². The van der Waals surface area contributed by atoms with Crippen LogP contribution in [0.1, 0.15) is 42.6 Å². The number of phenolic OH excluding ortho intramolecular Hbond substituents is 1. The summed E-state index contributed by atoms with van der Waals surface area (Å²) >= 11 is 5.68. The predicted octanol–water partition coefficient (Wildman–Crippen LogP) is 3.48. The van der Waals surface area contributed by atoms with Gasteiger partial charge in [-0.1, -0.05) is 19.9 Å². The molecule has 0 atom stereocenters. The third-order valence-electron chi connectivity index (χ3n) is 3.11. The van der Waals surface area contributed by atoms with E-state index in [-0.39, 0.29) is 17.1 Å². The molecule has 2 N–H and O–H groups in total. The average molecular weight is 284 g/mol. The zero-order valence-electron chi connectivity index (χ0n) is 11.8. The number of hydrogen-bond acceptors (Lipinski definition) is 2. The molecule has 0 bridgehead atoms. The number of rotatable bonds is 6. The number of alkyl halides is 1. The minimum atomic E-state index is -0.239. The molecule has 19 heavy (non-hydrogen) atoms. The summed E-state index contributed by atoms with van der Waals surface area (Å²) in [6.45, 7) is 6.62. The molecule has 106 valence electrons. The molecule has 4 heteroatoms. The molecule has 0 unspecified atom stereocenters. The number of carbonyl (C=O) groups excluding carboxylic acids is 1. The van der Waals surface area contributed by atoms with Gasteiger partial charge in [0.2, 0.25) is 0 Å². The summed E-state index contributed by atoms with van der Waals surface area (Å²) in [5.74, 6) is 0.420. The maximum absolute atomic E-state index is 12.0. The van der Waals surface area contributed by atoms with Crippen LogP contribution in [0, 0.1) is 12.3 Å². The Morgan fingerprint density at radius 1 is 1.42 bits per heavy atom. The number of aryl methyl sites for hydroxylation is 1. The Bertz CT molecular complexity index is 444. The highest BCUT2D eigenvalue weighted by atomic mass is 35.5. The van der Waals surface area contributed by atoms with Gasteiger partial charge in [-0.15, -0.1) is 11.6 Å². The number of nitrogens with one attached hydrogen (secondary N) is 1. The quantitative estimate of drug-likeness (QED) is 0.785. The van der Waals surface area contributed by atoms with Crippen LogP contribution >= 0.6 is 11.6 Å². The fourth-order valence-corrected chi connectivity index (χ4v) is 2.02. The van der Waals surface area contributed by atoms with E-state index in [0.29, 0.717) is 18.0 Å². The fraction of sp³-hybridized carbons (Fsp3) is 0.533. The molecule has 0 heterocycles. The van der Waals surface area contributed by atoms with Crippen molar-refractivity contribution >= 4 is 17.5 Å². The number of carbonyl (C=O) groups is 1. The lowest BCUT2D eigenvalue weighted by molar-refractivity contribution is 0.0932. The third-order valence-corrected chi connectivity index (χ3v) is 3.38. The van der Waals surface area contributed by atoms with Gasteiger partial charge in [-0.2, -0.15) is 0 Å². The minimum Gasteiger partial charge on any atom is -0.507 e. The zero-order chi connectivity index (χ0) is 14.5. The Labute approximate surface area is 120 Å². The first kappa shape index (κ1) is 15.8. The van der Waals surface area contributed by atoms with Crippen LogP contribution in [0.15, 0.2) is 18.2 Å². The summed E-state index contributed by atoms with van der Waals surface area (Å²) in [5.41, 5.74) is 1.25. The van der Waals surface area contributed by atoms with E-state index in [1.165, 1.54) is 0 Å². The van der Waals surface area contributed by atoms with Crippen molar-refractivity contribution in [1.82, 2.24) is 5.32 Å². The van der Waals surface area contributed by atoms with Gasteiger partial charge in [0.25, 0.3) is 5.91 Å². The lowest BCUT2D eigenvalue weighted by Crippen LogP contribution is -2.34. The summed E-state index contributed by atoms with van der Waals surface area (Å²) in [4.78, 5) is 12.0. The van der Waals surface area contributed by atoms with Gasteiger partial charge in [0.15, 0.2) is 0 Å². The molecule has 1 aromatic rings. The molecule has 0 spiro atoms. The molecule has 0 aliphatic heterocycles. The van der Waals surface area contributed by atoms with Gasteiger partial charge in [-0.25, -0.2) is 0 Å². The Hall–Kier alpha value is -1.22. The highest BCUT2D eigenvalue weighted by Crippen LogP contribution is 2.22.